The number of benzene rings is 5. The number of carbonyl (C=O) groups excluding carboxylic acids is 4. The van der Waals surface area contributed by atoms with Crippen LogP contribution >= 0.6 is 0 Å². The van der Waals surface area contributed by atoms with Crippen LogP contribution in [0.5, 0.6) is 11.5 Å². The van der Waals surface area contributed by atoms with Crippen molar-refractivity contribution in [3.05, 3.63) is 173 Å². The second kappa shape index (κ2) is 19.0. The maximum atomic E-state index is 16.2. The van der Waals surface area contributed by atoms with Gasteiger partial charge in [0.15, 0.2) is 0 Å². The van der Waals surface area contributed by atoms with E-state index < -0.39 is 59.4 Å². The van der Waals surface area contributed by atoms with Crippen molar-refractivity contribution in [3.63, 3.8) is 0 Å². The molecule has 3 aliphatic rings. The van der Waals surface area contributed by atoms with Gasteiger partial charge in [-0.25, -0.2) is 9.69 Å². The van der Waals surface area contributed by atoms with Gasteiger partial charge in [0, 0.05) is 24.8 Å². The number of aliphatic hydroxyl groups is 1. The standard InChI is InChI=1S/C51H47N3O10/c1-4-27-52-47(56)42-44-48(57)64-45(36-13-9-6-10-14-36)43(35-11-7-5-8-12-35)54(44)46(37-20-24-39(25-21-37)62-29-28-55)51(42)40-32-34(16-15-33-17-22-38(61-3)23-18-33)19-26-41(40)53(49(51)58)50(59)63-31-30-60-2/h4-14,17-26,32,42-46,55H,1,27-31H2,2-3H3,(H,52,56)/t42-,43-,44-,45+,46+,51-/m0/s1. The quantitative estimate of drug-likeness (QED) is 0.0601. The molecular weight excluding hydrogens is 815 g/mol. The van der Waals surface area contributed by atoms with E-state index in [-0.39, 0.29) is 44.2 Å². The lowest BCUT2D eigenvalue weighted by Crippen LogP contribution is -2.55. The number of imide groups is 1. The maximum Gasteiger partial charge on any atom is 0.421 e. The van der Waals surface area contributed by atoms with Crippen LogP contribution in [0.25, 0.3) is 0 Å². The molecule has 1 spiro atoms. The molecule has 13 nitrogen and oxygen atoms in total. The number of amides is 3. The maximum absolute atomic E-state index is 16.2. The lowest BCUT2D eigenvalue weighted by molar-refractivity contribution is -0.178. The van der Waals surface area contributed by atoms with Gasteiger partial charge in [-0.2, -0.15) is 0 Å². The van der Waals surface area contributed by atoms with Gasteiger partial charge in [0.2, 0.25) is 11.8 Å². The average Bonchev–Trinajstić information content (AvgIpc) is 3.79. The van der Waals surface area contributed by atoms with Crippen molar-refractivity contribution < 1.29 is 48.0 Å². The number of fused-ring (bicyclic) bond motifs is 3. The van der Waals surface area contributed by atoms with Crippen LogP contribution in [0.3, 0.4) is 0 Å². The normalized spacial score (nSPS) is 22.1. The fraction of sp³-hybridized carbons (Fsp3) is 0.255. The first-order chi connectivity index (χ1) is 31.3. The Bertz CT molecular complexity index is 2580. The molecule has 3 aliphatic heterocycles. The van der Waals surface area contributed by atoms with Crippen LogP contribution in [0.4, 0.5) is 10.5 Å². The molecule has 2 fully saturated rings. The Morgan fingerprint density at radius 2 is 1.45 bits per heavy atom. The van der Waals surface area contributed by atoms with E-state index in [1.54, 1.807) is 61.7 Å². The number of anilines is 1. The average molecular weight is 862 g/mol. The largest absolute Gasteiger partial charge is 0.497 e. The van der Waals surface area contributed by atoms with Gasteiger partial charge in [-0.1, -0.05) is 90.7 Å². The van der Waals surface area contributed by atoms with Gasteiger partial charge in [-0.05, 0) is 76.9 Å². The summed E-state index contributed by atoms with van der Waals surface area (Å²) in [6, 6.07) is 34.8. The first-order valence-corrected chi connectivity index (χ1v) is 20.9. The zero-order valence-corrected chi connectivity index (χ0v) is 35.3. The van der Waals surface area contributed by atoms with Crippen LogP contribution < -0.4 is 19.7 Å². The molecule has 0 bridgehead atoms. The lowest BCUT2D eigenvalue weighted by atomic mass is 9.65. The Morgan fingerprint density at radius 1 is 0.797 bits per heavy atom. The van der Waals surface area contributed by atoms with Crippen LogP contribution in [0.1, 0.15) is 51.6 Å². The summed E-state index contributed by atoms with van der Waals surface area (Å²) in [6.45, 7) is 3.55. The fourth-order valence-corrected chi connectivity index (χ4v) is 9.25. The first-order valence-electron chi connectivity index (χ1n) is 20.9. The van der Waals surface area contributed by atoms with E-state index in [0.717, 1.165) is 10.5 Å². The number of nitrogens with one attached hydrogen (secondary N) is 1. The summed E-state index contributed by atoms with van der Waals surface area (Å²) in [5.74, 6) is 3.88. The highest BCUT2D eigenvalue weighted by Gasteiger charge is 2.75. The minimum Gasteiger partial charge on any atom is -0.497 e. The molecule has 5 aromatic rings. The predicted molar refractivity (Wildman–Crippen MR) is 236 cm³/mol. The van der Waals surface area contributed by atoms with Crippen molar-refractivity contribution in [1.29, 1.82) is 0 Å². The van der Waals surface area contributed by atoms with Gasteiger partial charge in [0.05, 0.1) is 44.0 Å². The minimum atomic E-state index is -2.01. The van der Waals surface area contributed by atoms with E-state index in [2.05, 4.69) is 23.7 Å². The SMILES string of the molecule is C=CCNC(=O)[C@@H]1[C@H]2C(=O)O[C@H](c3ccccc3)[C@H](c3ccccc3)N2[C@H](c2ccc(OCCO)cc2)[C@@]12C(=O)N(C(=O)OCCOC)c1ccc(C#Cc3ccc(OC)cc3)cc12. The van der Waals surface area contributed by atoms with E-state index in [1.807, 2.05) is 77.7 Å². The summed E-state index contributed by atoms with van der Waals surface area (Å²) in [6.07, 6.45) is -0.376. The van der Waals surface area contributed by atoms with Gasteiger partial charge in [-0.3, -0.25) is 19.3 Å². The summed E-state index contributed by atoms with van der Waals surface area (Å²) >= 11 is 0. The number of hydrogen-bond donors (Lipinski definition) is 2. The van der Waals surface area contributed by atoms with Crippen LogP contribution in [0.15, 0.2) is 140 Å². The van der Waals surface area contributed by atoms with E-state index in [9.17, 15) is 9.90 Å². The lowest BCUT2D eigenvalue weighted by Gasteiger charge is -2.46. The van der Waals surface area contributed by atoms with Crippen molar-refractivity contribution in [3.8, 4) is 23.3 Å². The molecule has 5 aromatic carbocycles. The van der Waals surface area contributed by atoms with Gasteiger partial charge in [-0.15, -0.1) is 6.58 Å². The van der Waals surface area contributed by atoms with Gasteiger partial charge in [0.25, 0.3) is 0 Å². The van der Waals surface area contributed by atoms with Gasteiger partial charge >= 0.3 is 12.1 Å². The van der Waals surface area contributed by atoms with Crippen LogP contribution in [0, 0.1) is 17.8 Å². The molecule has 3 amide bonds. The Morgan fingerprint density at radius 3 is 2.11 bits per heavy atom. The molecule has 8 rings (SSSR count). The number of esters is 1. The van der Waals surface area contributed by atoms with Crippen molar-refractivity contribution in [2.24, 2.45) is 5.92 Å². The van der Waals surface area contributed by atoms with E-state index >= 15 is 14.4 Å². The third kappa shape index (κ3) is 7.88. The molecule has 3 heterocycles. The number of rotatable bonds is 13. The summed E-state index contributed by atoms with van der Waals surface area (Å²) in [4.78, 5) is 63.7. The highest BCUT2D eigenvalue weighted by Crippen LogP contribution is 2.66. The molecule has 0 aromatic heterocycles. The monoisotopic (exact) mass is 861 g/mol. The Kier molecular flexibility index (Phi) is 12.9. The number of nitrogens with zero attached hydrogens (tertiary/aromatic N) is 2. The second-order valence-electron chi connectivity index (χ2n) is 15.4. The number of morpholine rings is 1. The van der Waals surface area contributed by atoms with E-state index in [4.69, 9.17) is 23.7 Å². The van der Waals surface area contributed by atoms with Crippen molar-refractivity contribution in [2.75, 3.05) is 52.1 Å². The third-order valence-electron chi connectivity index (χ3n) is 11.9. The predicted octanol–water partition coefficient (Wildman–Crippen LogP) is 6.22. The summed E-state index contributed by atoms with van der Waals surface area (Å²) in [5, 5.41) is 12.4. The fourth-order valence-electron chi connectivity index (χ4n) is 9.25. The Hall–Kier alpha value is -7.24. The van der Waals surface area contributed by atoms with E-state index in [1.165, 1.54) is 13.2 Å². The zero-order chi connectivity index (χ0) is 44.8. The third-order valence-corrected chi connectivity index (χ3v) is 11.9. The number of carbonyl (C=O) groups is 4. The topological polar surface area (TPSA) is 153 Å². The van der Waals surface area contributed by atoms with Crippen molar-refractivity contribution >= 4 is 29.6 Å². The first kappa shape index (κ1) is 43.4. The van der Waals surface area contributed by atoms with Crippen molar-refractivity contribution in [1.82, 2.24) is 10.2 Å². The second-order valence-corrected chi connectivity index (χ2v) is 15.4. The number of ether oxygens (including phenoxy) is 5. The van der Waals surface area contributed by atoms with Gasteiger partial charge in [0.1, 0.15) is 42.3 Å². The zero-order valence-electron chi connectivity index (χ0n) is 35.3. The smallest absolute Gasteiger partial charge is 0.421 e. The molecule has 326 valence electrons. The summed E-state index contributed by atoms with van der Waals surface area (Å²) < 4.78 is 28.4. The van der Waals surface area contributed by atoms with Gasteiger partial charge < -0.3 is 34.1 Å². The molecule has 6 atom stereocenters. The Balaban J connectivity index is 1.43. The molecule has 0 radical (unpaired) electrons. The summed E-state index contributed by atoms with van der Waals surface area (Å²) in [5.41, 5.74) is 1.60. The molecule has 0 aliphatic carbocycles. The van der Waals surface area contributed by atoms with Crippen molar-refractivity contribution in [2.45, 2.75) is 29.6 Å². The minimum absolute atomic E-state index is 0.0146. The molecule has 13 heteroatoms. The highest BCUT2D eigenvalue weighted by molar-refractivity contribution is 6.23. The molecule has 0 saturated carbocycles. The highest BCUT2D eigenvalue weighted by atomic mass is 16.6. The number of aliphatic hydroxyl groups excluding tert-OH is 1. The molecule has 2 N–H and O–H groups in total. The molecular formula is C51H47N3O10. The number of hydrogen-bond acceptors (Lipinski definition) is 11. The number of cyclic esters (lactones) is 1. The molecule has 0 unspecified atom stereocenters. The molecule has 2 saturated heterocycles. The van der Waals surface area contributed by atoms with E-state index in [0.29, 0.717) is 33.8 Å². The molecule has 64 heavy (non-hydrogen) atoms. The number of methoxy groups -OCH3 is 2. The van der Waals surface area contributed by atoms with Crippen LogP contribution in [0.2, 0.25) is 0 Å². The van der Waals surface area contributed by atoms with Crippen LogP contribution in [-0.2, 0) is 34.0 Å². The Labute approximate surface area is 371 Å². The van der Waals surface area contributed by atoms with Crippen LogP contribution in [-0.4, -0.2) is 87.1 Å². The summed E-state index contributed by atoms with van der Waals surface area (Å²) in [7, 11) is 3.04.